The van der Waals surface area contributed by atoms with Gasteiger partial charge in [0.25, 0.3) is 0 Å². The van der Waals surface area contributed by atoms with Crippen LogP contribution < -0.4 is 0 Å². The first-order chi connectivity index (χ1) is 10.5. The molecule has 2 N–H and O–H groups in total. The van der Waals surface area contributed by atoms with Crippen LogP contribution in [0.5, 0.6) is 11.5 Å². The number of carbonyl (C=O) groups excluding carboxylic acids is 2. The predicted molar refractivity (Wildman–Crippen MR) is 79.2 cm³/mol. The molecule has 0 aliphatic carbocycles. The van der Waals surface area contributed by atoms with Gasteiger partial charge in [0.1, 0.15) is 22.6 Å². The highest BCUT2D eigenvalue weighted by Gasteiger charge is 2.29. The summed E-state index contributed by atoms with van der Waals surface area (Å²) in [5.41, 5.74) is -0.784. The van der Waals surface area contributed by atoms with E-state index in [1.165, 1.54) is 12.1 Å². The van der Waals surface area contributed by atoms with Crippen molar-refractivity contribution >= 4 is 22.7 Å². The van der Waals surface area contributed by atoms with Crippen molar-refractivity contribution in [2.24, 2.45) is 0 Å². The van der Waals surface area contributed by atoms with Gasteiger partial charge in [0.15, 0.2) is 0 Å². The smallest absolute Gasteiger partial charge is 0.342 e. The van der Waals surface area contributed by atoms with Gasteiger partial charge in [0.05, 0.1) is 13.2 Å². The average molecular weight is 304 g/mol. The topological polar surface area (TPSA) is 93.1 Å². The Kier molecular flexibility index (Phi) is 4.50. The first kappa shape index (κ1) is 15.6. The number of benzene rings is 2. The molecule has 0 heterocycles. The van der Waals surface area contributed by atoms with Crippen molar-refractivity contribution in [2.45, 2.75) is 13.8 Å². The minimum atomic E-state index is -0.899. The van der Waals surface area contributed by atoms with Crippen LogP contribution in [0.25, 0.3) is 10.8 Å². The molecule has 0 aliphatic heterocycles. The van der Waals surface area contributed by atoms with Crippen LogP contribution in [0.1, 0.15) is 34.6 Å². The lowest BCUT2D eigenvalue weighted by atomic mass is 9.97. The van der Waals surface area contributed by atoms with Gasteiger partial charge in [-0.25, -0.2) is 9.59 Å². The van der Waals surface area contributed by atoms with Gasteiger partial charge in [-0.1, -0.05) is 24.3 Å². The van der Waals surface area contributed by atoms with Crippen LogP contribution in [0.4, 0.5) is 0 Å². The van der Waals surface area contributed by atoms with Crippen LogP contribution in [0.15, 0.2) is 24.3 Å². The van der Waals surface area contributed by atoms with Crippen LogP contribution in [-0.4, -0.2) is 35.4 Å². The van der Waals surface area contributed by atoms with Crippen molar-refractivity contribution in [1.29, 1.82) is 0 Å². The third-order valence-electron chi connectivity index (χ3n) is 3.12. The van der Waals surface area contributed by atoms with E-state index in [2.05, 4.69) is 0 Å². The minimum Gasteiger partial charge on any atom is -0.506 e. The molecular formula is C16H16O6. The van der Waals surface area contributed by atoms with E-state index >= 15 is 0 Å². The van der Waals surface area contributed by atoms with Crippen molar-refractivity contribution in [3.63, 3.8) is 0 Å². The summed E-state index contributed by atoms with van der Waals surface area (Å²) < 4.78 is 9.73. The summed E-state index contributed by atoms with van der Waals surface area (Å²) in [6, 6.07) is 6.34. The van der Waals surface area contributed by atoms with Crippen LogP contribution in [0, 0.1) is 0 Å². The second-order valence-electron chi connectivity index (χ2n) is 4.43. The maximum atomic E-state index is 12.1. The van der Waals surface area contributed by atoms with Crippen LogP contribution >= 0.6 is 0 Å². The minimum absolute atomic E-state index is 0.0636. The van der Waals surface area contributed by atoms with Gasteiger partial charge in [-0.05, 0) is 13.8 Å². The van der Waals surface area contributed by atoms with E-state index < -0.39 is 34.6 Å². The Labute approximate surface area is 126 Å². The second-order valence-corrected chi connectivity index (χ2v) is 4.43. The van der Waals surface area contributed by atoms with E-state index in [0.29, 0.717) is 0 Å². The van der Waals surface area contributed by atoms with Crippen molar-refractivity contribution < 1.29 is 29.3 Å². The van der Waals surface area contributed by atoms with E-state index in [9.17, 15) is 19.8 Å². The molecule has 6 heteroatoms. The lowest BCUT2D eigenvalue weighted by molar-refractivity contribution is 0.0473. The van der Waals surface area contributed by atoms with E-state index in [-0.39, 0.29) is 24.0 Å². The lowest BCUT2D eigenvalue weighted by Gasteiger charge is -2.14. The van der Waals surface area contributed by atoms with Crippen molar-refractivity contribution in [3.8, 4) is 11.5 Å². The molecule has 2 aromatic rings. The SMILES string of the molecule is CCOC(=O)c1c(C(=O)OCC)c(O)c2ccccc2c1O. The number of rotatable bonds is 4. The second kappa shape index (κ2) is 6.34. The van der Waals surface area contributed by atoms with Gasteiger partial charge in [0.2, 0.25) is 0 Å². The molecule has 22 heavy (non-hydrogen) atoms. The largest absolute Gasteiger partial charge is 0.506 e. The standard InChI is InChI=1S/C16H16O6/c1-3-21-15(19)11-12(16(20)22-4-2)14(18)10-8-6-5-7-9(10)13(11)17/h5-8,17-18H,3-4H2,1-2H3. The quantitative estimate of drug-likeness (QED) is 0.666. The molecule has 0 amide bonds. The summed E-state index contributed by atoms with van der Waals surface area (Å²) >= 11 is 0. The summed E-state index contributed by atoms with van der Waals surface area (Å²) in [4.78, 5) is 24.2. The Hall–Kier alpha value is -2.76. The van der Waals surface area contributed by atoms with Crippen LogP contribution in [-0.2, 0) is 9.47 Å². The summed E-state index contributed by atoms with van der Waals surface area (Å²) in [5.74, 6) is -2.64. The van der Waals surface area contributed by atoms with Crippen LogP contribution in [0.2, 0.25) is 0 Å². The van der Waals surface area contributed by atoms with Gasteiger partial charge in [-0.3, -0.25) is 0 Å². The molecule has 0 spiro atoms. The molecule has 0 saturated heterocycles. The van der Waals surface area contributed by atoms with E-state index in [0.717, 1.165) is 0 Å². The molecule has 2 rings (SSSR count). The Morgan fingerprint density at radius 2 is 1.23 bits per heavy atom. The molecule has 0 saturated carbocycles. The number of phenolic OH excluding ortho intramolecular Hbond substituents is 2. The maximum absolute atomic E-state index is 12.1. The molecule has 0 bridgehead atoms. The third-order valence-corrected chi connectivity index (χ3v) is 3.12. The fourth-order valence-corrected chi connectivity index (χ4v) is 2.21. The number of aromatic hydroxyl groups is 2. The number of hydrogen-bond donors (Lipinski definition) is 2. The number of phenols is 2. The van der Waals surface area contributed by atoms with Gasteiger partial charge < -0.3 is 19.7 Å². The number of esters is 2. The first-order valence-corrected chi connectivity index (χ1v) is 6.83. The highest BCUT2D eigenvalue weighted by Crippen LogP contribution is 2.40. The molecule has 116 valence electrons. The monoisotopic (exact) mass is 304 g/mol. The molecular weight excluding hydrogens is 288 g/mol. The average Bonchev–Trinajstić information content (AvgIpc) is 2.51. The Morgan fingerprint density at radius 1 is 0.864 bits per heavy atom. The first-order valence-electron chi connectivity index (χ1n) is 6.83. The van der Waals surface area contributed by atoms with Crippen molar-refractivity contribution in [3.05, 3.63) is 35.4 Å². The predicted octanol–water partition coefficient (Wildman–Crippen LogP) is 2.60. The van der Waals surface area contributed by atoms with Crippen molar-refractivity contribution in [1.82, 2.24) is 0 Å². The number of ether oxygens (including phenoxy) is 2. The fraction of sp³-hybridized carbons (Fsp3) is 0.250. The molecule has 0 radical (unpaired) electrons. The molecule has 0 aliphatic rings. The third kappa shape index (κ3) is 2.55. The van der Waals surface area contributed by atoms with Gasteiger partial charge in [-0.2, -0.15) is 0 Å². The molecule has 0 aromatic heterocycles. The zero-order valence-corrected chi connectivity index (χ0v) is 12.3. The zero-order chi connectivity index (χ0) is 16.3. The Bertz CT molecular complexity index is 672. The highest BCUT2D eigenvalue weighted by molar-refractivity contribution is 6.14. The van der Waals surface area contributed by atoms with Crippen LogP contribution in [0.3, 0.4) is 0 Å². The van der Waals surface area contributed by atoms with E-state index in [1.807, 2.05) is 0 Å². The summed E-state index contributed by atoms with van der Waals surface area (Å²) in [6.45, 7) is 3.32. The molecule has 0 unspecified atom stereocenters. The molecule has 2 aromatic carbocycles. The molecule has 0 atom stereocenters. The lowest BCUT2D eigenvalue weighted by Crippen LogP contribution is -2.15. The number of hydrogen-bond acceptors (Lipinski definition) is 6. The van der Waals surface area contributed by atoms with E-state index in [4.69, 9.17) is 9.47 Å². The summed E-state index contributed by atoms with van der Waals surface area (Å²) in [5, 5.41) is 21.2. The van der Waals surface area contributed by atoms with Gasteiger partial charge >= 0.3 is 11.9 Å². The summed E-state index contributed by atoms with van der Waals surface area (Å²) in [7, 11) is 0. The van der Waals surface area contributed by atoms with Crippen molar-refractivity contribution in [2.75, 3.05) is 13.2 Å². The normalized spacial score (nSPS) is 10.5. The Morgan fingerprint density at radius 3 is 1.55 bits per heavy atom. The summed E-state index contributed by atoms with van der Waals surface area (Å²) in [6.07, 6.45) is 0. The molecule has 0 fully saturated rings. The van der Waals surface area contributed by atoms with E-state index in [1.54, 1.807) is 26.0 Å². The highest BCUT2D eigenvalue weighted by atomic mass is 16.5. The number of fused-ring (bicyclic) bond motifs is 1. The molecule has 6 nitrogen and oxygen atoms in total. The van der Waals surface area contributed by atoms with Gasteiger partial charge in [-0.15, -0.1) is 0 Å². The number of carbonyl (C=O) groups is 2. The maximum Gasteiger partial charge on any atom is 0.342 e. The zero-order valence-electron chi connectivity index (χ0n) is 12.3. The Balaban J connectivity index is 2.83. The fourth-order valence-electron chi connectivity index (χ4n) is 2.21. The van der Waals surface area contributed by atoms with Gasteiger partial charge in [0, 0.05) is 10.8 Å².